The van der Waals surface area contributed by atoms with Gasteiger partial charge in [0.25, 0.3) is 5.91 Å². The largest absolute Gasteiger partial charge is 0.346 e. The lowest BCUT2D eigenvalue weighted by atomic mass is 9.82. The first-order chi connectivity index (χ1) is 24.7. The summed E-state index contributed by atoms with van der Waals surface area (Å²) >= 11 is 0. The van der Waals surface area contributed by atoms with Gasteiger partial charge in [0.2, 0.25) is 17.6 Å². The van der Waals surface area contributed by atoms with Gasteiger partial charge in [0.05, 0.1) is 6.04 Å². The molecule has 1 aromatic rings. The zero-order valence-electron chi connectivity index (χ0n) is 33.7. The van der Waals surface area contributed by atoms with Gasteiger partial charge in [-0.25, -0.2) is 4.79 Å². The number of benzene rings is 1. The number of hydrogen-bond donors (Lipinski definition) is 4. The molecule has 10 nitrogen and oxygen atoms in total. The van der Waals surface area contributed by atoms with Crippen LogP contribution in [0.4, 0.5) is 4.79 Å². The Balaban J connectivity index is 0.00000493. The molecule has 3 unspecified atom stereocenters. The molecule has 292 valence electrons. The Morgan fingerprint density at radius 1 is 1.00 bits per heavy atom. The molecule has 4 N–H and O–H groups in total. The van der Waals surface area contributed by atoms with Crippen molar-refractivity contribution in [2.75, 3.05) is 13.1 Å². The second kappa shape index (κ2) is 25.8. The molecule has 0 saturated carbocycles. The number of amides is 5. The fourth-order valence-electron chi connectivity index (χ4n) is 6.15. The fraction of sp³-hybridized carbons (Fsp3) is 0.643. The van der Waals surface area contributed by atoms with Crippen molar-refractivity contribution in [3.8, 4) is 12.3 Å². The van der Waals surface area contributed by atoms with Crippen LogP contribution in [0.5, 0.6) is 0 Å². The lowest BCUT2D eigenvalue weighted by molar-refractivity contribution is -0.143. The van der Waals surface area contributed by atoms with E-state index in [1.165, 1.54) is 17.4 Å². The minimum atomic E-state index is -1.14. The molecule has 4 atom stereocenters. The van der Waals surface area contributed by atoms with E-state index in [0.717, 1.165) is 37.7 Å². The normalized spacial score (nSPS) is 15.8. The third kappa shape index (κ3) is 16.5. The molecule has 0 aliphatic carbocycles. The summed E-state index contributed by atoms with van der Waals surface area (Å²) in [6, 6.07) is 6.73. The van der Waals surface area contributed by atoms with Crippen LogP contribution in [0.2, 0.25) is 0 Å². The molecule has 1 aliphatic rings. The van der Waals surface area contributed by atoms with Crippen LogP contribution in [0.1, 0.15) is 132 Å². The second-order valence-corrected chi connectivity index (χ2v) is 14.3. The summed E-state index contributed by atoms with van der Waals surface area (Å²) in [6.45, 7) is 22.0. The van der Waals surface area contributed by atoms with E-state index in [9.17, 15) is 24.0 Å². The Kier molecular flexibility index (Phi) is 23.7. The summed E-state index contributed by atoms with van der Waals surface area (Å²) in [6.07, 6.45) is 14.4. The highest BCUT2D eigenvalue weighted by Crippen LogP contribution is 2.28. The van der Waals surface area contributed by atoms with Gasteiger partial charge in [-0.2, -0.15) is 0 Å². The van der Waals surface area contributed by atoms with Crippen LogP contribution < -0.4 is 21.3 Å². The van der Waals surface area contributed by atoms with Gasteiger partial charge >= 0.3 is 6.03 Å². The van der Waals surface area contributed by atoms with Crippen molar-refractivity contribution in [1.29, 1.82) is 0 Å². The van der Waals surface area contributed by atoms with Crippen LogP contribution in [0.15, 0.2) is 43.0 Å². The average molecular weight is 724 g/mol. The van der Waals surface area contributed by atoms with Gasteiger partial charge in [-0.15, -0.1) is 18.9 Å². The molecule has 1 aliphatic heterocycles. The number of Topliss-reactive ketones (excluding diaryl/α,β-unsaturated/α-hetero) is 1. The Morgan fingerprint density at radius 2 is 1.63 bits per heavy atom. The molecule has 1 saturated heterocycles. The van der Waals surface area contributed by atoms with Crippen molar-refractivity contribution in [2.45, 2.75) is 157 Å². The van der Waals surface area contributed by atoms with Crippen LogP contribution in [-0.2, 0) is 25.6 Å². The summed E-state index contributed by atoms with van der Waals surface area (Å²) in [5.41, 5.74) is -0.0395. The van der Waals surface area contributed by atoms with Crippen molar-refractivity contribution in [3.05, 3.63) is 48.6 Å². The maximum atomic E-state index is 14.2. The first-order valence-electron chi connectivity index (χ1n) is 19.3. The summed E-state index contributed by atoms with van der Waals surface area (Å²) in [4.78, 5) is 68.2. The predicted octanol–water partition coefficient (Wildman–Crippen LogP) is 6.88. The summed E-state index contributed by atoms with van der Waals surface area (Å²) < 4.78 is 0. The number of ketones is 1. The summed E-state index contributed by atoms with van der Waals surface area (Å²) in [5.74, 6) is -0.134. The van der Waals surface area contributed by atoms with E-state index in [4.69, 9.17) is 6.42 Å². The fourth-order valence-corrected chi connectivity index (χ4v) is 6.15. The van der Waals surface area contributed by atoms with Crippen LogP contribution in [0, 0.1) is 17.8 Å². The summed E-state index contributed by atoms with van der Waals surface area (Å²) in [7, 11) is 0. The molecular formula is C42H69N5O5. The average Bonchev–Trinajstić information content (AvgIpc) is 3.61. The highest BCUT2D eigenvalue weighted by Gasteiger charge is 2.43. The number of unbranched alkanes of at least 4 members (excludes halogenated alkanes) is 1. The Morgan fingerprint density at radius 3 is 2.17 bits per heavy atom. The first kappa shape index (κ1) is 47.9. The molecule has 1 fully saturated rings. The number of carbonyl (C=O) groups is 5. The van der Waals surface area contributed by atoms with E-state index in [2.05, 4.69) is 73.6 Å². The van der Waals surface area contributed by atoms with Gasteiger partial charge < -0.3 is 26.2 Å². The van der Waals surface area contributed by atoms with Gasteiger partial charge in [-0.3, -0.25) is 19.2 Å². The molecule has 1 heterocycles. The zero-order chi connectivity index (χ0) is 39.7. The van der Waals surface area contributed by atoms with E-state index < -0.39 is 52.7 Å². The molecule has 52 heavy (non-hydrogen) atoms. The maximum Gasteiger partial charge on any atom is 0.315 e. The molecule has 2 rings (SSSR count). The Labute approximate surface area is 315 Å². The predicted molar refractivity (Wildman–Crippen MR) is 212 cm³/mol. The van der Waals surface area contributed by atoms with Crippen molar-refractivity contribution in [2.24, 2.45) is 5.41 Å². The SMILES string of the molecule is C#CCCC(NC(=O)[C@@H]1CCCN1C(=O)C(NC(=O)NC(CCC)(CCCC)Cc1ccccc1)C(C)(C)C)C(=O)C(=O)NCC=C.CC.CCC. The van der Waals surface area contributed by atoms with Gasteiger partial charge in [0, 0.05) is 25.0 Å². The summed E-state index contributed by atoms with van der Waals surface area (Å²) in [5, 5.41) is 11.4. The maximum absolute atomic E-state index is 14.2. The molecule has 0 aromatic heterocycles. The van der Waals surface area contributed by atoms with Gasteiger partial charge in [0.1, 0.15) is 12.1 Å². The molecule has 0 spiro atoms. The number of urea groups is 1. The van der Waals surface area contributed by atoms with Crippen LogP contribution in [0.3, 0.4) is 0 Å². The van der Waals surface area contributed by atoms with E-state index in [1.54, 1.807) is 0 Å². The van der Waals surface area contributed by atoms with Gasteiger partial charge in [0.15, 0.2) is 0 Å². The molecule has 5 amide bonds. The van der Waals surface area contributed by atoms with E-state index in [1.807, 2.05) is 52.8 Å². The highest BCUT2D eigenvalue weighted by molar-refractivity contribution is 6.38. The third-order valence-electron chi connectivity index (χ3n) is 8.57. The lowest BCUT2D eigenvalue weighted by Gasteiger charge is -2.39. The monoisotopic (exact) mass is 724 g/mol. The van der Waals surface area contributed by atoms with Crippen molar-refractivity contribution >= 4 is 29.5 Å². The Hall–Kier alpha value is -4.13. The van der Waals surface area contributed by atoms with Crippen molar-refractivity contribution < 1.29 is 24.0 Å². The van der Waals surface area contributed by atoms with Crippen LogP contribution in [-0.4, -0.2) is 71.2 Å². The third-order valence-corrected chi connectivity index (χ3v) is 8.57. The number of nitrogens with zero attached hydrogens (tertiary/aromatic N) is 1. The quantitative estimate of drug-likeness (QED) is 0.0745. The minimum absolute atomic E-state index is 0.0795. The number of hydrogen-bond acceptors (Lipinski definition) is 5. The van der Waals surface area contributed by atoms with Crippen LogP contribution >= 0.6 is 0 Å². The smallest absolute Gasteiger partial charge is 0.315 e. The number of rotatable bonds is 18. The van der Waals surface area contributed by atoms with Crippen molar-refractivity contribution in [1.82, 2.24) is 26.2 Å². The lowest BCUT2D eigenvalue weighted by Crippen LogP contribution is -2.62. The molecule has 0 radical (unpaired) electrons. The van der Waals surface area contributed by atoms with E-state index in [-0.39, 0.29) is 25.3 Å². The molecular weight excluding hydrogens is 654 g/mol. The number of nitrogens with one attached hydrogen (secondary N) is 4. The van der Waals surface area contributed by atoms with Gasteiger partial charge in [-0.1, -0.05) is 124 Å². The van der Waals surface area contributed by atoms with E-state index in [0.29, 0.717) is 25.8 Å². The highest BCUT2D eigenvalue weighted by atomic mass is 16.2. The number of terminal acetylenes is 1. The topological polar surface area (TPSA) is 137 Å². The molecule has 0 bridgehead atoms. The Bertz CT molecular complexity index is 1290. The standard InChI is InChI=1S/C37H55N5O5.C3H8.C2H6/c1-8-12-20-28(30(43)33(45)38-24-11-4)39-32(44)29-21-17-25-42(29)34(46)31(36(5,6)7)40-35(47)41-37(22-10-3,23-13-9-2)26-27-18-15-14-16-19-27;1-3-2;1-2/h1,11,14-16,18-19,28-29,31H,4,9-10,12-13,17,20-26H2,2-3,5-7H3,(H,38,45)(H,39,44)(H2,40,41,47);3H2,1-2H3;1-2H3/t28?,29-,31?,37?;;/m0../s1. The van der Waals surface area contributed by atoms with E-state index >= 15 is 0 Å². The number of carbonyl (C=O) groups excluding carboxylic acids is 5. The number of likely N-dealkylation sites (tertiary alicyclic amines) is 1. The molecule has 10 heteroatoms. The van der Waals surface area contributed by atoms with Crippen LogP contribution in [0.25, 0.3) is 0 Å². The minimum Gasteiger partial charge on any atom is -0.346 e. The molecule has 1 aromatic carbocycles. The van der Waals surface area contributed by atoms with Crippen molar-refractivity contribution in [3.63, 3.8) is 0 Å². The zero-order valence-corrected chi connectivity index (χ0v) is 33.7. The second-order valence-electron chi connectivity index (χ2n) is 14.3. The first-order valence-corrected chi connectivity index (χ1v) is 19.3. The van der Waals surface area contributed by atoms with Gasteiger partial charge in [-0.05, 0) is 49.5 Å².